The quantitative estimate of drug-likeness (QED) is 0.541. The van der Waals surface area contributed by atoms with Gasteiger partial charge in [-0.15, -0.1) is 5.73 Å². The fraction of sp³-hybridized carbons (Fsp3) is 0.136. The summed E-state index contributed by atoms with van der Waals surface area (Å²) in [4.78, 5) is 0. The average molecular weight is 331 g/mol. The summed E-state index contributed by atoms with van der Waals surface area (Å²) in [6.07, 6.45) is -0.685. The average Bonchev–Trinajstić information content (AvgIpc) is 2.62. The van der Waals surface area contributed by atoms with Crippen molar-refractivity contribution in [3.05, 3.63) is 95.9 Å². The molecule has 0 aliphatic rings. The van der Waals surface area contributed by atoms with Crippen LogP contribution in [0, 0.1) is 0 Å². The lowest BCUT2D eigenvalue weighted by molar-refractivity contribution is 0.224. The smallest absolute Gasteiger partial charge is 0.120 e. The third-order valence-electron chi connectivity index (χ3n) is 4.75. The van der Waals surface area contributed by atoms with Gasteiger partial charge < -0.3 is 5.11 Å². The van der Waals surface area contributed by atoms with E-state index in [-0.39, 0.29) is 0 Å². The zero-order valence-corrected chi connectivity index (χ0v) is 15.2. The first-order valence-corrected chi connectivity index (χ1v) is 11.2. The Bertz CT molecular complexity index is 900. The lowest BCUT2D eigenvalue weighted by Gasteiger charge is -2.29. The van der Waals surface area contributed by atoms with Gasteiger partial charge in [0.25, 0.3) is 0 Å². The number of fused-ring (bicyclic) bond motifs is 1. The molecule has 0 bridgehead atoms. The molecule has 0 aliphatic heterocycles. The molecule has 1 nitrogen and oxygen atoms in total. The monoisotopic (exact) mass is 330 g/mol. The van der Waals surface area contributed by atoms with Crippen molar-refractivity contribution in [2.75, 3.05) is 0 Å². The molecule has 0 radical (unpaired) electrons. The highest BCUT2D eigenvalue weighted by Gasteiger charge is 2.33. The van der Waals surface area contributed by atoms with Crippen molar-refractivity contribution in [3.8, 4) is 0 Å². The summed E-state index contributed by atoms with van der Waals surface area (Å²) in [5, 5.41) is 15.6. The van der Waals surface area contributed by atoms with Crippen LogP contribution in [-0.2, 0) is 0 Å². The number of rotatable bonds is 4. The van der Waals surface area contributed by atoms with Crippen molar-refractivity contribution in [1.29, 1.82) is 0 Å². The van der Waals surface area contributed by atoms with E-state index in [9.17, 15) is 5.11 Å². The van der Waals surface area contributed by atoms with Crippen LogP contribution in [-0.4, -0.2) is 13.2 Å². The summed E-state index contributed by atoms with van der Waals surface area (Å²) in [6.45, 7) is 8.37. The highest BCUT2D eigenvalue weighted by molar-refractivity contribution is 6.95. The minimum atomic E-state index is -2.05. The first-order chi connectivity index (χ1) is 11.6. The summed E-state index contributed by atoms with van der Waals surface area (Å²) in [7, 11) is -2.05. The molecular formula is C22H22OSi. The first-order valence-electron chi connectivity index (χ1n) is 8.17. The molecule has 1 atom stereocenters. The molecule has 24 heavy (non-hydrogen) atoms. The third-order valence-corrected chi connectivity index (χ3v) is 8.32. The maximum Gasteiger partial charge on any atom is 0.120 e. The lowest BCUT2D eigenvalue weighted by atomic mass is 10.0. The minimum Gasteiger partial charge on any atom is -0.384 e. The molecule has 0 saturated carbocycles. The Morgan fingerprint density at radius 3 is 2.25 bits per heavy atom. The molecule has 0 saturated heterocycles. The largest absolute Gasteiger partial charge is 0.384 e. The van der Waals surface area contributed by atoms with Crippen molar-refractivity contribution in [3.63, 3.8) is 0 Å². The SMILES string of the molecule is C=C=C(C(O)c1cccc2ccccc12)[Si](C)(C)c1ccccc1. The van der Waals surface area contributed by atoms with Crippen LogP contribution >= 0.6 is 0 Å². The fourth-order valence-corrected chi connectivity index (χ4v) is 5.93. The summed E-state index contributed by atoms with van der Waals surface area (Å²) >= 11 is 0. The number of hydrogen-bond donors (Lipinski definition) is 1. The summed E-state index contributed by atoms with van der Waals surface area (Å²) in [5.41, 5.74) is 4.01. The second kappa shape index (κ2) is 6.62. The first kappa shape index (κ1) is 16.5. The van der Waals surface area contributed by atoms with Crippen LogP contribution in [0.15, 0.2) is 90.3 Å². The van der Waals surface area contributed by atoms with Crippen LogP contribution in [0.1, 0.15) is 11.7 Å². The van der Waals surface area contributed by atoms with Crippen molar-refractivity contribution in [1.82, 2.24) is 0 Å². The molecule has 0 amide bonds. The van der Waals surface area contributed by atoms with E-state index in [0.29, 0.717) is 0 Å². The lowest BCUT2D eigenvalue weighted by Crippen LogP contribution is -2.45. The standard InChI is InChI=1S/C22H22OSi/c1-4-21(24(2,3)18-13-6-5-7-14-18)22(23)20-16-10-12-17-11-8-9-15-19(17)20/h5-16,22-23H,1H2,2-3H3. The molecule has 3 aromatic carbocycles. The van der Waals surface area contributed by atoms with Crippen LogP contribution in [0.2, 0.25) is 13.1 Å². The normalized spacial score (nSPS) is 12.6. The molecule has 120 valence electrons. The Hall–Kier alpha value is -2.38. The van der Waals surface area contributed by atoms with Gasteiger partial charge in [-0.1, -0.05) is 97.7 Å². The third kappa shape index (κ3) is 2.88. The van der Waals surface area contributed by atoms with Crippen molar-refractivity contribution in [2.45, 2.75) is 19.2 Å². The number of hydrogen-bond acceptors (Lipinski definition) is 1. The minimum absolute atomic E-state index is 0.685. The highest BCUT2D eigenvalue weighted by Crippen LogP contribution is 2.32. The Kier molecular flexibility index (Phi) is 4.54. The van der Waals surface area contributed by atoms with Gasteiger partial charge >= 0.3 is 0 Å². The fourth-order valence-electron chi connectivity index (χ4n) is 3.31. The van der Waals surface area contributed by atoms with Gasteiger partial charge in [-0.05, 0) is 21.5 Å². The molecule has 0 spiro atoms. The second-order valence-corrected chi connectivity index (χ2v) is 10.9. The molecule has 0 heterocycles. The Morgan fingerprint density at radius 2 is 1.54 bits per heavy atom. The molecule has 3 rings (SSSR count). The van der Waals surface area contributed by atoms with Crippen LogP contribution in [0.25, 0.3) is 10.8 Å². The molecule has 0 fully saturated rings. The Labute approximate surface area is 144 Å². The molecule has 1 N–H and O–H groups in total. The highest BCUT2D eigenvalue weighted by atomic mass is 28.3. The van der Waals surface area contributed by atoms with Crippen molar-refractivity contribution < 1.29 is 5.11 Å². The van der Waals surface area contributed by atoms with Gasteiger partial charge in [0.05, 0.1) is 0 Å². The van der Waals surface area contributed by atoms with Gasteiger partial charge in [0.2, 0.25) is 0 Å². The van der Waals surface area contributed by atoms with Crippen LogP contribution in [0.3, 0.4) is 0 Å². The summed E-state index contributed by atoms with van der Waals surface area (Å²) in [5.74, 6) is 0. The van der Waals surface area contributed by atoms with Gasteiger partial charge in [-0.3, -0.25) is 0 Å². The maximum absolute atomic E-state index is 11.2. The topological polar surface area (TPSA) is 20.2 Å². The van der Waals surface area contributed by atoms with Crippen molar-refractivity contribution >= 4 is 24.0 Å². The summed E-state index contributed by atoms with van der Waals surface area (Å²) in [6, 6.07) is 24.6. The van der Waals surface area contributed by atoms with E-state index in [2.05, 4.69) is 67.9 Å². The number of benzene rings is 3. The van der Waals surface area contributed by atoms with E-state index in [0.717, 1.165) is 21.5 Å². The van der Waals surface area contributed by atoms with Gasteiger partial charge in [-0.25, -0.2) is 0 Å². The molecular weight excluding hydrogens is 308 g/mol. The molecule has 0 aromatic heterocycles. The van der Waals surface area contributed by atoms with Crippen LogP contribution in [0.4, 0.5) is 0 Å². The van der Waals surface area contributed by atoms with Gasteiger partial charge in [0, 0.05) is 0 Å². The number of aliphatic hydroxyl groups is 1. The van der Waals surface area contributed by atoms with Crippen LogP contribution < -0.4 is 5.19 Å². The zero-order chi connectivity index (χ0) is 17.2. The predicted octanol–water partition coefficient (Wildman–Crippen LogP) is 4.74. The molecule has 3 aromatic rings. The zero-order valence-electron chi connectivity index (χ0n) is 14.2. The van der Waals surface area contributed by atoms with E-state index in [1.165, 1.54) is 5.19 Å². The van der Waals surface area contributed by atoms with Gasteiger partial charge in [-0.2, -0.15) is 0 Å². The van der Waals surface area contributed by atoms with Gasteiger partial charge in [0.15, 0.2) is 0 Å². The Balaban J connectivity index is 2.10. The van der Waals surface area contributed by atoms with Crippen molar-refractivity contribution in [2.24, 2.45) is 0 Å². The van der Waals surface area contributed by atoms with E-state index in [4.69, 9.17) is 0 Å². The number of aliphatic hydroxyl groups excluding tert-OH is 1. The van der Waals surface area contributed by atoms with E-state index >= 15 is 0 Å². The summed E-state index contributed by atoms with van der Waals surface area (Å²) < 4.78 is 0. The van der Waals surface area contributed by atoms with Gasteiger partial charge in [0.1, 0.15) is 14.2 Å². The predicted molar refractivity (Wildman–Crippen MR) is 105 cm³/mol. The Morgan fingerprint density at radius 1 is 0.917 bits per heavy atom. The van der Waals surface area contributed by atoms with E-state index in [1.54, 1.807) is 0 Å². The molecule has 2 heteroatoms. The molecule has 1 unspecified atom stereocenters. The molecule has 0 aliphatic carbocycles. The van der Waals surface area contributed by atoms with E-state index in [1.807, 2.05) is 30.3 Å². The van der Waals surface area contributed by atoms with E-state index < -0.39 is 14.2 Å². The second-order valence-electron chi connectivity index (χ2n) is 6.55. The van der Waals surface area contributed by atoms with Crippen LogP contribution in [0.5, 0.6) is 0 Å². The maximum atomic E-state index is 11.2.